The van der Waals surface area contributed by atoms with Crippen LogP contribution in [0.2, 0.25) is 0 Å². The lowest BCUT2D eigenvalue weighted by atomic mass is 9.89. The number of nitrogens with zero attached hydrogens (tertiary/aromatic N) is 2. The van der Waals surface area contributed by atoms with Crippen molar-refractivity contribution in [2.24, 2.45) is 5.73 Å². The molecule has 0 bridgehead atoms. The van der Waals surface area contributed by atoms with Crippen LogP contribution in [0.15, 0.2) is 41.2 Å². The number of anilines is 1. The molecule has 0 saturated carbocycles. The van der Waals surface area contributed by atoms with Crippen molar-refractivity contribution in [3.63, 3.8) is 0 Å². The average Bonchev–Trinajstić information content (AvgIpc) is 3.14. The van der Waals surface area contributed by atoms with E-state index >= 15 is 0 Å². The monoisotopic (exact) mass is 374 g/mol. The zero-order valence-corrected chi connectivity index (χ0v) is 15.6. The van der Waals surface area contributed by atoms with Crippen LogP contribution in [0.3, 0.4) is 0 Å². The maximum absolute atomic E-state index is 12.9. The van der Waals surface area contributed by atoms with Gasteiger partial charge >= 0.3 is 0 Å². The Morgan fingerprint density at radius 3 is 2.46 bits per heavy atom. The third kappa shape index (κ3) is 4.45. The van der Waals surface area contributed by atoms with Gasteiger partial charge in [0.25, 0.3) is 0 Å². The van der Waals surface area contributed by atoms with Crippen LogP contribution < -0.4 is 16.0 Å². The smallest absolute Gasteiger partial charge is 0.243 e. The van der Waals surface area contributed by atoms with Crippen molar-refractivity contribution in [1.82, 2.24) is 10.3 Å². The molecule has 0 saturated heterocycles. The summed E-state index contributed by atoms with van der Waals surface area (Å²) >= 11 is 1.31. The fraction of sp³-hybridized carbons (Fsp3) is 0.333. The number of nitrogens with one attached hydrogen (secondary N) is 1. The van der Waals surface area contributed by atoms with E-state index in [4.69, 9.17) is 5.73 Å². The van der Waals surface area contributed by atoms with E-state index in [0.29, 0.717) is 5.82 Å². The fourth-order valence-corrected chi connectivity index (χ4v) is 3.22. The van der Waals surface area contributed by atoms with Crippen LogP contribution in [-0.2, 0) is 20.8 Å². The van der Waals surface area contributed by atoms with Crippen LogP contribution >= 0.6 is 11.3 Å². The SMILES string of the molecule is CNC(=O)CCC(=O)N(c1cscn1)[C@](C)(Cc1ccccc1)C(N)=O. The van der Waals surface area contributed by atoms with Crippen LogP contribution in [0.25, 0.3) is 0 Å². The Balaban J connectivity index is 2.38. The number of thiazole rings is 1. The number of amides is 3. The number of primary amides is 1. The normalized spacial score (nSPS) is 12.8. The lowest BCUT2D eigenvalue weighted by molar-refractivity contribution is -0.129. The molecule has 2 rings (SSSR count). The third-order valence-electron chi connectivity index (χ3n) is 4.16. The van der Waals surface area contributed by atoms with E-state index in [9.17, 15) is 14.4 Å². The van der Waals surface area contributed by atoms with Crippen molar-refractivity contribution < 1.29 is 14.4 Å². The minimum Gasteiger partial charge on any atom is -0.368 e. The Bertz CT molecular complexity index is 764. The molecule has 7 nitrogen and oxygen atoms in total. The summed E-state index contributed by atoms with van der Waals surface area (Å²) in [7, 11) is 1.51. The second kappa shape index (κ2) is 8.57. The van der Waals surface area contributed by atoms with Crippen molar-refractivity contribution in [2.75, 3.05) is 11.9 Å². The van der Waals surface area contributed by atoms with E-state index in [2.05, 4.69) is 10.3 Å². The van der Waals surface area contributed by atoms with Crippen molar-refractivity contribution in [2.45, 2.75) is 31.7 Å². The van der Waals surface area contributed by atoms with Gasteiger partial charge in [0.05, 0.1) is 5.51 Å². The number of aromatic nitrogens is 1. The molecule has 0 radical (unpaired) electrons. The predicted octanol–water partition coefficient (Wildman–Crippen LogP) is 1.49. The molecule has 0 unspecified atom stereocenters. The summed E-state index contributed by atoms with van der Waals surface area (Å²) < 4.78 is 0. The highest BCUT2D eigenvalue weighted by molar-refractivity contribution is 7.07. The summed E-state index contributed by atoms with van der Waals surface area (Å²) in [5.41, 5.74) is 6.85. The first-order valence-electron chi connectivity index (χ1n) is 8.14. The summed E-state index contributed by atoms with van der Waals surface area (Å²) in [5, 5.41) is 4.16. The van der Waals surface area contributed by atoms with Crippen LogP contribution in [0.4, 0.5) is 5.82 Å². The molecule has 2 aromatic rings. The van der Waals surface area contributed by atoms with E-state index in [1.807, 2.05) is 30.3 Å². The molecule has 3 amide bonds. The fourth-order valence-electron chi connectivity index (χ4n) is 2.70. The second-order valence-electron chi connectivity index (χ2n) is 6.05. The van der Waals surface area contributed by atoms with Crippen molar-refractivity contribution in [3.8, 4) is 0 Å². The van der Waals surface area contributed by atoms with Crippen LogP contribution in [-0.4, -0.2) is 35.3 Å². The predicted molar refractivity (Wildman–Crippen MR) is 101 cm³/mol. The van der Waals surface area contributed by atoms with Gasteiger partial charge in [-0.2, -0.15) is 0 Å². The Labute approximate surface area is 156 Å². The molecule has 0 aliphatic heterocycles. The van der Waals surface area contributed by atoms with Gasteiger partial charge in [0.15, 0.2) is 0 Å². The first-order valence-corrected chi connectivity index (χ1v) is 9.08. The highest BCUT2D eigenvalue weighted by Crippen LogP contribution is 2.28. The number of benzene rings is 1. The third-order valence-corrected chi connectivity index (χ3v) is 4.73. The molecular weight excluding hydrogens is 352 g/mol. The van der Waals surface area contributed by atoms with Gasteiger partial charge < -0.3 is 11.1 Å². The number of hydrogen-bond donors (Lipinski definition) is 2. The molecule has 8 heteroatoms. The van der Waals surface area contributed by atoms with Gasteiger partial charge in [0.1, 0.15) is 11.4 Å². The Hall–Kier alpha value is -2.74. The summed E-state index contributed by atoms with van der Waals surface area (Å²) in [6.45, 7) is 1.62. The Morgan fingerprint density at radius 2 is 1.92 bits per heavy atom. The number of nitrogens with two attached hydrogens (primary N) is 1. The van der Waals surface area contributed by atoms with Gasteiger partial charge in [0.2, 0.25) is 17.7 Å². The summed E-state index contributed by atoms with van der Waals surface area (Å²) in [6.07, 6.45) is 0.220. The molecule has 138 valence electrons. The molecule has 26 heavy (non-hydrogen) atoms. The molecule has 1 aromatic heterocycles. The van der Waals surface area contributed by atoms with Gasteiger partial charge in [-0.25, -0.2) is 4.98 Å². The van der Waals surface area contributed by atoms with Crippen LogP contribution in [0, 0.1) is 0 Å². The number of rotatable bonds is 8. The zero-order valence-electron chi connectivity index (χ0n) is 14.8. The maximum Gasteiger partial charge on any atom is 0.243 e. The highest BCUT2D eigenvalue weighted by Gasteiger charge is 2.42. The summed E-state index contributed by atoms with van der Waals surface area (Å²) in [6, 6.07) is 9.33. The molecule has 0 aliphatic rings. The zero-order chi connectivity index (χ0) is 19.2. The van der Waals surface area contributed by atoms with Gasteiger partial charge in [0, 0.05) is 31.7 Å². The van der Waals surface area contributed by atoms with Crippen LogP contribution in [0.5, 0.6) is 0 Å². The van der Waals surface area contributed by atoms with E-state index in [1.165, 1.54) is 23.3 Å². The van der Waals surface area contributed by atoms with Gasteiger partial charge in [-0.1, -0.05) is 30.3 Å². The minimum atomic E-state index is -1.31. The summed E-state index contributed by atoms with van der Waals surface area (Å²) in [5.74, 6) is -0.908. The molecular formula is C18H22N4O3S. The standard InChI is InChI=1S/C18H22N4O3S/c1-18(17(19)25,10-13-6-4-3-5-7-13)22(14-11-26-12-21-14)16(24)9-8-15(23)20-2/h3-7,11-12H,8-10H2,1-2H3,(H2,19,25)(H,20,23)/t18-/m1/s1. The minimum absolute atomic E-state index is 0.0240. The van der Waals surface area contributed by atoms with Crippen LogP contribution in [0.1, 0.15) is 25.3 Å². The molecule has 3 N–H and O–H groups in total. The summed E-state index contributed by atoms with van der Waals surface area (Å²) in [4.78, 5) is 42.3. The van der Waals surface area contributed by atoms with Crippen molar-refractivity contribution in [3.05, 3.63) is 46.8 Å². The number of carbonyl (C=O) groups is 3. The average molecular weight is 374 g/mol. The van der Waals surface area contributed by atoms with E-state index in [1.54, 1.807) is 17.8 Å². The molecule has 1 heterocycles. The second-order valence-corrected chi connectivity index (χ2v) is 6.77. The largest absolute Gasteiger partial charge is 0.368 e. The lowest BCUT2D eigenvalue weighted by Crippen LogP contribution is -2.59. The highest BCUT2D eigenvalue weighted by atomic mass is 32.1. The molecule has 1 aromatic carbocycles. The molecule has 1 atom stereocenters. The molecule has 0 fully saturated rings. The van der Waals surface area contributed by atoms with Gasteiger partial charge in [-0.15, -0.1) is 11.3 Å². The maximum atomic E-state index is 12.9. The molecule has 0 aliphatic carbocycles. The van der Waals surface area contributed by atoms with Crippen molar-refractivity contribution in [1.29, 1.82) is 0 Å². The van der Waals surface area contributed by atoms with E-state index in [-0.39, 0.29) is 31.1 Å². The number of carbonyl (C=O) groups excluding carboxylic acids is 3. The topological polar surface area (TPSA) is 105 Å². The first-order chi connectivity index (χ1) is 12.4. The first kappa shape index (κ1) is 19.6. The van der Waals surface area contributed by atoms with E-state index in [0.717, 1.165) is 5.56 Å². The Morgan fingerprint density at radius 1 is 1.23 bits per heavy atom. The van der Waals surface area contributed by atoms with Gasteiger partial charge in [-0.3, -0.25) is 19.3 Å². The lowest BCUT2D eigenvalue weighted by Gasteiger charge is -2.37. The van der Waals surface area contributed by atoms with Gasteiger partial charge in [-0.05, 0) is 12.5 Å². The van der Waals surface area contributed by atoms with E-state index < -0.39 is 11.4 Å². The quantitative estimate of drug-likeness (QED) is 0.730. The number of hydrogen-bond acceptors (Lipinski definition) is 5. The Kier molecular flexibility index (Phi) is 6.46. The molecule has 0 spiro atoms. The van der Waals surface area contributed by atoms with Crippen molar-refractivity contribution >= 4 is 34.9 Å².